The Morgan fingerprint density at radius 1 is 1.30 bits per heavy atom. The molecule has 0 fully saturated rings. The van der Waals surface area contributed by atoms with Crippen LogP contribution in [0.3, 0.4) is 0 Å². The molecule has 0 saturated heterocycles. The van der Waals surface area contributed by atoms with Gasteiger partial charge in [-0.15, -0.1) is 0 Å². The molecule has 0 radical (unpaired) electrons. The number of para-hydroxylation sites is 1. The van der Waals surface area contributed by atoms with E-state index in [4.69, 9.17) is 14.0 Å². The van der Waals surface area contributed by atoms with E-state index in [0.717, 1.165) is 28.5 Å². The fourth-order valence-electron chi connectivity index (χ4n) is 2.61. The van der Waals surface area contributed by atoms with Crippen molar-refractivity contribution in [1.82, 2.24) is 5.16 Å². The van der Waals surface area contributed by atoms with Crippen LogP contribution in [0.15, 0.2) is 28.8 Å². The molecule has 0 saturated carbocycles. The zero-order valence-corrected chi connectivity index (χ0v) is 14.1. The summed E-state index contributed by atoms with van der Waals surface area (Å²) in [6.45, 7) is 4.82. The van der Waals surface area contributed by atoms with E-state index in [1.165, 1.54) is 0 Å². The van der Waals surface area contributed by atoms with E-state index in [1.807, 2.05) is 50.1 Å². The van der Waals surface area contributed by atoms with Crippen molar-refractivity contribution < 1.29 is 19.1 Å². The maximum Gasteiger partial charge on any atom is 0.157 e. The van der Waals surface area contributed by atoms with Crippen molar-refractivity contribution in [2.24, 2.45) is 0 Å². The minimum atomic E-state index is -0.608. The minimum absolute atomic E-state index is 0.242. The molecule has 1 unspecified atom stereocenters. The Hall–Kier alpha value is -2.05. The number of rotatable bonds is 8. The lowest BCUT2D eigenvalue weighted by Crippen LogP contribution is -2.32. The second kappa shape index (κ2) is 7.99. The third-order valence-electron chi connectivity index (χ3n) is 3.62. The van der Waals surface area contributed by atoms with Gasteiger partial charge in [-0.3, -0.25) is 0 Å². The van der Waals surface area contributed by atoms with Gasteiger partial charge in [0.25, 0.3) is 0 Å². The molecule has 1 atom stereocenters. The maximum absolute atomic E-state index is 10.2. The second-order valence-electron chi connectivity index (χ2n) is 5.53. The van der Waals surface area contributed by atoms with Crippen molar-refractivity contribution in [2.75, 3.05) is 32.2 Å². The summed E-state index contributed by atoms with van der Waals surface area (Å²) in [5.41, 5.74) is 2.68. The Labute approximate surface area is 136 Å². The first-order chi connectivity index (χ1) is 11.0. The number of aromatic nitrogens is 1. The summed E-state index contributed by atoms with van der Waals surface area (Å²) in [5, 5.41) is 14.1. The number of aliphatic hydroxyl groups is 1. The molecule has 23 heavy (non-hydrogen) atoms. The van der Waals surface area contributed by atoms with Gasteiger partial charge in [0.1, 0.15) is 17.1 Å². The quantitative estimate of drug-likeness (QED) is 0.805. The van der Waals surface area contributed by atoms with Gasteiger partial charge in [-0.05, 0) is 19.9 Å². The highest BCUT2D eigenvalue weighted by atomic mass is 16.5. The first kappa shape index (κ1) is 17.3. The van der Waals surface area contributed by atoms with Crippen LogP contribution < -0.4 is 9.64 Å². The molecular weight excluding hydrogens is 296 g/mol. The maximum atomic E-state index is 10.2. The zero-order valence-electron chi connectivity index (χ0n) is 14.1. The molecule has 2 rings (SSSR count). The lowest BCUT2D eigenvalue weighted by Gasteiger charge is -2.22. The van der Waals surface area contributed by atoms with Crippen LogP contribution in [-0.4, -0.2) is 43.7 Å². The Bertz CT molecular complexity index is 607. The summed E-state index contributed by atoms with van der Waals surface area (Å²) < 4.78 is 16.0. The molecule has 0 spiro atoms. The van der Waals surface area contributed by atoms with Crippen molar-refractivity contribution in [2.45, 2.75) is 26.6 Å². The second-order valence-corrected chi connectivity index (χ2v) is 5.53. The number of benzene rings is 1. The molecule has 126 valence electrons. The first-order valence-electron chi connectivity index (χ1n) is 7.54. The van der Waals surface area contributed by atoms with Gasteiger partial charge in [0.05, 0.1) is 26.4 Å². The summed E-state index contributed by atoms with van der Waals surface area (Å²) in [6.07, 6.45) is -0.608. The van der Waals surface area contributed by atoms with Crippen LogP contribution in [0, 0.1) is 13.8 Å². The van der Waals surface area contributed by atoms with Gasteiger partial charge in [-0.25, -0.2) is 0 Å². The molecule has 1 aromatic heterocycles. The van der Waals surface area contributed by atoms with Crippen LogP contribution in [0.5, 0.6) is 5.75 Å². The number of hydrogen-bond acceptors (Lipinski definition) is 6. The SMILES string of the molecule is COc1ccccc1COCC(O)CN(C)c1c(C)noc1C. The Kier molecular flexibility index (Phi) is 6.01. The predicted molar refractivity (Wildman–Crippen MR) is 87.9 cm³/mol. The standard InChI is InChI=1S/C17H24N2O4/c1-12-17(13(2)23-18-12)19(3)9-15(20)11-22-10-14-7-5-6-8-16(14)21-4/h5-8,15,20H,9-11H2,1-4H3. The van der Waals surface area contributed by atoms with Crippen LogP contribution in [0.1, 0.15) is 17.0 Å². The Balaban J connectivity index is 1.82. The normalized spacial score (nSPS) is 12.2. The monoisotopic (exact) mass is 320 g/mol. The number of methoxy groups -OCH3 is 1. The molecule has 6 heteroatoms. The fraction of sp³-hybridized carbons (Fsp3) is 0.471. The van der Waals surface area contributed by atoms with Gasteiger partial charge in [0, 0.05) is 19.2 Å². The molecule has 1 N–H and O–H groups in total. The number of hydrogen-bond donors (Lipinski definition) is 1. The van der Waals surface area contributed by atoms with Crippen molar-refractivity contribution in [3.8, 4) is 5.75 Å². The fourth-order valence-corrected chi connectivity index (χ4v) is 2.61. The minimum Gasteiger partial charge on any atom is -0.496 e. The van der Waals surface area contributed by atoms with Crippen molar-refractivity contribution in [3.05, 3.63) is 41.3 Å². The molecule has 0 bridgehead atoms. The Morgan fingerprint density at radius 2 is 2.04 bits per heavy atom. The van der Waals surface area contributed by atoms with Crippen LogP contribution >= 0.6 is 0 Å². The van der Waals surface area contributed by atoms with E-state index >= 15 is 0 Å². The van der Waals surface area contributed by atoms with Gasteiger partial charge < -0.3 is 24.0 Å². The highest BCUT2D eigenvalue weighted by Gasteiger charge is 2.16. The lowest BCUT2D eigenvalue weighted by atomic mass is 10.2. The molecule has 0 aliphatic carbocycles. The van der Waals surface area contributed by atoms with E-state index in [-0.39, 0.29) is 6.61 Å². The van der Waals surface area contributed by atoms with Gasteiger partial charge >= 0.3 is 0 Å². The third-order valence-corrected chi connectivity index (χ3v) is 3.62. The topological polar surface area (TPSA) is 68.0 Å². The zero-order chi connectivity index (χ0) is 16.8. The van der Waals surface area contributed by atoms with Crippen molar-refractivity contribution in [1.29, 1.82) is 0 Å². The van der Waals surface area contributed by atoms with Gasteiger partial charge in [-0.2, -0.15) is 0 Å². The molecule has 2 aromatic rings. The molecule has 6 nitrogen and oxygen atoms in total. The summed E-state index contributed by atoms with van der Waals surface area (Å²) >= 11 is 0. The highest BCUT2D eigenvalue weighted by molar-refractivity contribution is 5.52. The summed E-state index contributed by atoms with van der Waals surface area (Å²) in [4.78, 5) is 1.93. The summed E-state index contributed by atoms with van der Waals surface area (Å²) in [6, 6.07) is 7.68. The van der Waals surface area contributed by atoms with Crippen molar-refractivity contribution in [3.63, 3.8) is 0 Å². The van der Waals surface area contributed by atoms with Gasteiger partial charge in [0.2, 0.25) is 0 Å². The summed E-state index contributed by atoms with van der Waals surface area (Å²) in [7, 11) is 3.53. The van der Waals surface area contributed by atoms with Crippen molar-refractivity contribution >= 4 is 5.69 Å². The van der Waals surface area contributed by atoms with E-state index < -0.39 is 6.10 Å². The van der Waals surface area contributed by atoms with Crippen LogP contribution in [0.2, 0.25) is 0 Å². The molecule has 0 amide bonds. The number of anilines is 1. The van der Waals surface area contributed by atoms with E-state index in [0.29, 0.717) is 13.2 Å². The number of aryl methyl sites for hydroxylation is 2. The van der Waals surface area contributed by atoms with E-state index in [1.54, 1.807) is 7.11 Å². The first-order valence-corrected chi connectivity index (χ1v) is 7.54. The largest absolute Gasteiger partial charge is 0.496 e. The van der Waals surface area contributed by atoms with Crippen LogP contribution in [0.4, 0.5) is 5.69 Å². The average Bonchev–Trinajstić information content (AvgIpc) is 2.86. The number of ether oxygens (including phenoxy) is 2. The predicted octanol–water partition coefficient (Wildman–Crippen LogP) is 2.31. The van der Waals surface area contributed by atoms with Gasteiger partial charge in [0.15, 0.2) is 5.76 Å². The molecule has 1 heterocycles. The highest BCUT2D eigenvalue weighted by Crippen LogP contribution is 2.23. The van der Waals surface area contributed by atoms with E-state index in [2.05, 4.69) is 5.16 Å². The van der Waals surface area contributed by atoms with E-state index in [9.17, 15) is 5.11 Å². The lowest BCUT2D eigenvalue weighted by molar-refractivity contribution is 0.0317. The number of aliphatic hydroxyl groups excluding tert-OH is 1. The smallest absolute Gasteiger partial charge is 0.157 e. The molecule has 0 aliphatic rings. The molecular formula is C17H24N2O4. The van der Waals surface area contributed by atoms with Crippen LogP contribution in [0.25, 0.3) is 0 Å². The average molecular weight is 320 g/mol. The number of likely N-dealkylation sites (N-methyl/N-ethyl adjacent to an activating group) is 1. The molecule has 1 aromatic carbocycles. The number of nitrogens with zero attached hydrogens (tertiary/aromatic N) is 2. The Morgan fingerprint density at radius 3 is 2.70 bits per heavy atom. The third kappa shape index (κ3) is 4.46. The van der Waals surface area contributed by atoms with Crippen LogP contribution in [-0.2, 0) is 11.3 Å². The summed E-state index contributed by atoms with van der Waals surface area (Å²) in [5.74, 6) is 1.53. The van der Waals surface area contributed by atoms with Gasteiger partial charge in [-0.1, -0.05) is 23.4 Å². The molecule has 0 aliphatic heterocycles.